The fourth-order valence-corrected chi connectivity index (χ4v) is 14.4. The van der Waals surface area contributed by atoms with Crippen LogP contribution in [0, 0.1) is 11.8 Å². The molecule has 0 saturated heterocycles. The van der Waals surface area contributed by atoms with Crippen LogP contribution in [0.15, 0.2) is 0 Å². The van der Waals surface area contributed by atoms with Crippen LogP contribution in [0.4, 0.5) is 0 Å². The van der Waals surface area contributed by atoms with Gasteiger partial charge in [-0.3, -0.25) is 37.3 Å². The number of ether oxygens (including phenoxy) is 4. The number of phosphoric acid groups is 2. The van der Waals surface area contributed by atoms with Gasteiger partial charge in [-0.1, -0.05) is 388 Å². The molecule has 0 radical (unpaired) electrons. The number of carbonyl (C=O) groups is 4. The fraction of sp³-hybridized carbons (Fsp3) is 0.952. The Kier molecular flexibility index (Phi) is 73.1. The minimum atomic E-state index is -4.96. The van der Waals surface area contributed by atoms with Gasteiger partial charge in [0.2, 0.25) is 0 Å². The third-order valence-electron chi connectivity index (χ3n) is 19.8. The lowest BCUT2D eigenvalue weighted by atomic mass is 9.99. The third kappa shape index (κ3) is 74.9. The number of phosphoric ester groups is 2. The Morgan fingerprint density at radius 1 is 0.284 bits per heavy atom. The first-order valence-corrected chi connectivity index (χ1v) is 46.0. The number of aliphatic hydroxyl groups is 1. The van der Waals surface area contributed by atoms with Crippen molar-refractivity contribution in [2.75, 3.05) is 39.6 Å². The van der Waals surface area contributed by atoms with Crippen molar-refractivity contribution in [3.8, 4) is 0 Å². The first-order chi connectivity index (χ1) is 49.4. The highest BCUT2D eigenvalue weighted by Crippen LogP contribution is 2.45. The van der Waals surface area contributed by atoms with E-state index in [1.54, 1.807) is 0 Å². The summed E-state index contributed by atoms with van der Waals surface area (Å²) in [6.07, 6.45) is 65.3. The quantitative estimate of drug-likeness (QED) is 0.0222. The highest BCUT2D eigenvalue weighted by molar-refractivity contribution is 7.47. The van der Waals surface area contributed by atoms with Gasteiger partial charge in [-0.2, -0.15) is 0 Å². The second kappa shape index (κ2) is 74.5. The molecule has 0 aliphatic rings. The molecule has 0 aliphatic carbocycles. The lowest BCUT2D eigenvalue weighted by Gasteiger charge is -2.21. The second-order valence-electron chi connectivity index (χ2n) is 30.6. The van der Waals surface area contributed by atoms with E-state index in [0.29, 0.717) is 25.7 Å². The number of unbranched alkanes of at least 4 members (excludes halogenated alkanes) is 51. The zero-order valence-corrected chi connectivity index (χ0v) is 68.7. The Hall–Kier alpha value is -1.94. The summed E-state index contributed by atoms with van der Waals surface area (Å²) in [6.45, 7) is 9.69. The number of carbonyl (C=O) groups excluding carboxylic acids is 4. The van der Waals surface area contributed by atoms with Gasteiger partial charge < -0.3 is 33.8 Å². The standard InChI is InChI=1S/C83H162O17P2/c1-7-10-12-14-16-18-19-20-21-22-23-24-25-26-33-38-43-49-55-61-67-83(88)100-79(72-94-81(86)66-60-54-48-42-37-32-28-27-31-36-41-46-52-58-64-76(6)9-3)74-98-102(91,92)96-70-77(84)69-95-101(89,90)97-73-78(71-93-80(85)65-59-53-47-17-15-13-11-8-2)99-82(87)68-62-56-50-44-39-34-29-30-35-40-45-51-57-63-75(4)5/h75-79,84H,7-74H2,1-6H3,(H,89,90)(H,91,92)/t76?,77-,78+,79+/m0/s1. The molecule has 0 saturated carbocycles. The largest absolute Gasteiger partial charge is 0.472 e. The third-order valence-corrected chi connectivity index (χ3v) is 21.7. The van der Waals surface area contributed by atoms with E-state index in [-0.39, 0.29) is 25.7 Å². The monoisotopic (exact) mass is 1490 g/mol. The van der Waals surface area contributed by atoms with Crippen LogP contribution in [0.1, 0.15) is 440 Å². The van der Waals surface area contributed by atoms with Gasteiger partial charge in [0.25, 0.3) is 0 Å². The Labute approximate surface area is 626 Å². The van der Waals surface area contributed by atoms with Crippen molar-refractivity contribution >= 4 is 39.5 Å². The van der Waals surface area contributed by atoms with E-state index in [2.05, 4.69) is 41.5 Å². The molecule has 19 heteroatoms. The summed E-state index contributed by atoms with van der Waals surface area (Å²) in [5.41, 5.74) is 0. The zero-order valence-electron chi connectivity index (χ0n) is 66.9. The molecule has 606 valence electrons. The van der Waals surface area contributed by atoms with Crippen LogP contribution in [0.2, 0.25) is 0 Å². The minimum Gasteiger partial charge on any atom is -0.462 e. The summed E-state index contributed by atoms with van der Waals surface area (Å²) in [6, 6.07) is 0. The van der Waals surface area contributed by atoms with Crippen molar-refractivity contribution < 1.29 is 80.2 Å². The Morgan fingerprint density at radius 3 is 0.745 bits per heavy atom. The highest BCUT2D eigenvalue weighted by atomic mass is 31.2. The fourth-order valence-electron chi connectivity index (χ4n) is 12.9. The molecule has 0 aliphatic heterocycles. The first-order valence-electron chi connectivity index (χ1n) is 43.0. The van der Waals surface area contributed by atoms with Gasteiger partial charge in [0.05, 0.1) is 26.4 Å². The zero-order chi connectivity index (χ0) is 74.9. The van der Waals surface area contributed by atoms with Crippen molar-refractivity contribution in [3.63, 3.8) is 0 Å². The summed E-state index contributed by atoms with van der Waals surface area (Å²) in [5, 5.41) is 10.6. The lowest BCUT2D eigenvalue weighted by molar-refractivity contribution is -0.161. The van der Waals surface area contributed by atoms with Gasteiger partial charge in [-0.05, 0) is 37.5 Å². The van der Waals surface area contributed by atoms with Crippen molar-refractivity contribution in [2.24, 2.45) is 11.8 Å². The highest BCUT2D eigenvalue weighted by Gasteiger charge is 2.30. The van der Waals surface area contributed by atoms with Crippen molar-refractivity contribution in [1.82, 2.24) is 0 Å². The number of aliphatic hydroxyl groups excluding tert-OH is 1. The smallest absolute Gasteiger partial charge is 0.462 e. The molecule has 0 spiro atoms. The molecule has 3 N–H and O–H groups in total. The van der Waals surface area contributed by atoms with Gasteiger partial charge in [0.15, 0.2) is 12.2 Å². The molecule has 0 rings (SSSR count). The van der Waals surface area contributed by atoms with Crippen LogP contribution in [-0.2, 0) is 65.4 Å². The van der Waals surface area contributed by atoms with E-state index in [0.717, 1.165) is 108 Å². The predicted molar refractivity (Wildman–Crippen MR) is 418 cm³/mol. The van der Waals surface area contributed by atoms with Crippen LogP contribution in [0.25, 0.3) is 0 Å². The van der Waals surface area contributed by atoms with Crippen LogP contribution < -0.4 is 0 Å². The molecule has 0 aromatic rings. The maximum absolute atomic E-state index is 13.1. The van der Waals surface area contributed by atoms with Gasteiger partial charge in [0.1, 0.15) is 19.3 Å². The first kappa shape index (κ1) is 100. The lowest BCUT2D eigenvalue weighted by Crippen LogP contribution is -2.30. The molecule has 102 heavy (non-hydrogen) atoms. The van der Waals surface area contributed by atoms with Gasteiger partial charge >= 0.3 is 39.5 Å². The predicted octanol–water partition coefficient (Wildman–Crippen LogP) is 25.1. The van der Waals surface area contributed by atoms with E-state index in [1.165, 1.54) is 250 Å². The molecular weight excluding hydrogens is 1330 g/mol. The van der Waals surface area contributed by atoms with Crippen molar-refractivity contribution in [3.05, 3.63) is 0 Å². The topological polar surface area (TPSA) is 237 Å². The summed E-state index contributed by atoms with van der Waals surface area (Å²) in [4.78, 5) is 73.0. The maximum Gasteiger partial charge on any atom is 0.472 e. The average molecular weight is 1490 g/mol. The van der Waals surface area contributed by atoms with Crippen LogP contribution >= 0.6 is 15.6 Å². The van der Waals surface area contributed by atoms with Crippen molar-refractivity contribution in [2.45, 2.75) is 458 Å². The maximum atomic E-state index is 13.1. The normalized spacial score (nSPS) is 14.1. The SMILES string of the molecule is CCCCCCCCCCCCCCCCCCCCCCC(=O)O[C@H](COC(=O)CCCCCCCCCCCCCCCCC(C)CC)COP(=O)(O)OC[C@@H](O)COP(=O)(O)OC[C@@H](COC(=O)CCCCCCCCCC)OC(=O)CCCCCCCCCCCCCCCC(C)C. The summed E-state index contributed by atoms with van der Waals surface area (Å²) >= 11 is 0. The van der Waals surface area contributed by atoms with E-state index in [4.69, 9.17) is 37.0 Å². The van der Waals surface area contributed by atoms with Crippen LogP contribution in [0.3, 0.4) is 0 Å². The van der Waals surface area contributed by atoms with Crippen LogP contribution in [0.5, 0.6) is 0 Å². The molecular formula is C83H162O17P2. The molecule has 6 atom stereocenters. The molecule has 0 amide bonds. The summed E-state index contributed by atoms with van der Waals surface area (Å²) in [7, 11) is -9.92. The van der Waals surface area contributed by atoms with Crippen LogP contribution in [-0.4, -0.2) is 96.7 Å². The van der Waals surface area contributed by atoms with Gasteiger partial charge in [0, 0.05) is 25.7 Å². The molecule has 3 unspecified atom stereocenters. The number of rotatable bonds is 82. The number of esters is 4. The van der Waals surface area contributed by atoms with E-state index < -0.39 is 97.5 Å². The van der Waals surface area contributed by atoms with E-state index in [9.17, 15) is 43.2 Å². The molecule has 0 aromatic heterocycles. The molecule has 0 bridgehead atoms. The minimum absolute atomic E-state index is 0.107. The molecule has 0 aromatic carbocycles. The number of hydrogen-bond acceptors (Lipinski definition) is 15. The molecule has 17 nitrogen and oxygen atoms in total. The number of hydrogen-bond donors (Lipinski definition) is 3. The second-order valence-corrected chi connectivity index (χ2v) is 33.5. The Bertz CT molecular complexity index is 1960. The summed E-state index contributed by atoms with van der Waals surface area (Å²) < 4.78 is 68.7. The molecule has 0 heterocycles. The van der Waals surface area contributed by atoms with E-state index in [1.807, 2.05) is 0 Å². The van der Waals surface area contributed by atoms with Gasteiger partial charge in [-0.25, -0.2) is 9.13 Å². The van der Waals surface area contributed by atoms with E-state index >= 15 is 0 Å². The summed E-state index contributed by atoms with van der Waals surface area (Å²) in [5.74, 6) is -0.472. The van der Waals surface area contributed by atoms with Gasteiger partial charge in [-0.15, -0.1) is 0 Å². The Balaban J connectivity index is 5.20. The average Bonchev–Trinajstić information content (AvgIpc) is 0.910. The Morgan fingerprint density at radius 2 is 0.500 bits per heavy atom. The molecule has 0 fully saturated rings. The van der Waals surface area contributed by atoms with Crippen molar-refractivity contribution in [1.29, 1.82) is 0 Å².